The van der Waals surface area contributed by atoms with E-state index in [1.165, 1.54) is 24.3 Å². The van der Waals surface area contributed by atoms with Gasteiger partial charge in [0.1, 0.15) is 5.82 Å². The van der Waals surface area contributed by atoms with Gasteiger partial charge >= 0.3 is 0 Å². The maximum absolute atomic E-state index is 13.3. The fraction of sp³-hybridized carbons (Fsp3) is 0.143. The smallest absolute Gasteiger partial charge is 0.238 e. The Morgan fingerprint density at radius 3 is 2.19 bits per heavy atom. The highest BCUT2D eigenvalue weighted by Gasteiger charge is 2.06. The maximum atomic E-state index is 13.3. The average Bonchev–Trinajstić information content (AvgIpc) is 2.42. The number of benzene rings is 2. The summed E-state index contributed by atoms with van der Waals surface area (Å²) < 4.78 is 35.5. The molecule has 0 unspecified atom stereocenters. The van der Waals surface area contributed by atoms with Crippen LogP contribution in [0.15, 0.2) is 47.4 Å². The number of halogens is 2. The third kappa shape index (κ3) is 4.50. The lowest BCUT2D eigenvalue weighted by Gasteiger charge is -2.06. The molecule has 2 aromatic rings. The van der Waals surface area contributed by atoms with E-state index in [2.05, 4.69) is 5.32 Å². The molecule has 7 heteroatoms. The molecule has 0 amide bonds. The van der Waals surface area contributed by atoms with Crippen LogP contribution in [0.4, 0.5) is 4.39 Å². The number of hydrogen-bond acceptors (Lipinski definition) is 3. The topological polar surface area (TPSA) is 72.2 Å². The van der Waals surface area contributed by atoms with Crippen molar-refractivity contribution in [3.63, 3.8) is 0 Å². The Hall–Kier alpha value is -1.47. The highest BCUT2D eigenvalue weighted by molar-refractivity contribution is 7.89. The number of rotatable bonds is 5. The molecule has 0 saturated heterocycles. The quantitative estimate of drug-likeness (QED) is 0.885. The first-order chi connectivity index (χ1) is 9.86. The van der Waals surface area contributed by atoms with E-state index in [0.29, 0.717) is 13.1 Å². The Labute approximate surface area is 127 Å². The van der Waals surface area contributed by atoms with Gasteiger partial charge < -0.3 is 5.32 Å². The summed E-state index contributed by atoms with van der Waals surface area (Å²) >= 11 is 5.61. The van der Waals surface area contributed by atoms with Gasteiger partial charge in [0.05, 0.1) is 9.92 Å². The van der Waals surface area contributed by atoms with Crippen molar-refractivity contribution in [3.8, 4) is 0 Å². The third-order valence-electron chi connectivity index (χ3n) is 2.89. The normalized spacial score (nSPS) is 11.6. The molecule has 2 rings (SSSR count). The number of sulfonamides is 1. The molecule has 0 aromatic heterocycles. The summed E-state index contributed by atoms with van der Waals surface area (Å²) in [6.45, 7) is 1.00. The van der Waals surface area contributed by atoms with Crippen molar-refractivity contribution in [2.24, 2.45) is 5.14 Å². The van der Waals surface area contributed by atoms with Crippen LogP contribution in [0, 0.1) is 5.82 Å². The lowest BCUT2D eigenvalue weighted by atomic mass is 10.2. The van der Waals surface area contributed by atoms with Crippen LogP contribution in [0.25, 0.3) is 0 Å². The van der Waals surface area contributed by atoms with Crippen LogP contribution in [-0.4, -0.2) is 8.42 Å². The molecule has 0 spiro atoms. The lowest BCUT2D eigenvalue weighted by molar-refractivity contribution is 0.597. The molecular weight excluding hydrogens is 315 g/mol. The minimum absolute atomic E-state index is 0.0750. The summed E-state index contributed by atoms with van der Waals surface area (Å²) in [7, 11) is -3.67. The molecule has 0 fully saturated rings. The molecule has 2 aromatic carbocycles. The molecule has 0 radical (unpaired) electrons. The van der Waals surface area contributed by atoms with E-state index < -0.39 is 15.8 Å². The van der Waals surface area contributed by atoms with Gasteiger partial charge in [-0.3, -0.25) is 0 Å². The van der Waals surface area contributed by atoms with E-state index in [4.69, 9.17) is 16.7 Å². The predicted molar refractivity (Wildman–Crippen MR) is 79.8 cm³/mol. The third-order valence-corrected chi connectivity index (χ3v) is 4.13. The van der Waals surface area contributed by atoms with Crippen LogP contribution >= 0.6 is 11.6 Å². The second-order valence-corrected chi connectivity index (χ2v) is 6.51. The zero-order valence-corrected chi connectivity index (χ0v) is 12.6. The molecular formula is C14H14ClFN2O2S. The molecule has 4 nitrogen and oxygen atoms in total. The fourth-order valence-corrected chi connectivity index (χ4v) is 2.43. The predicted octanol–water partition coefficient (Wildman–Crippen LogP) is 2.42. The van der Waals surface area contributed by atoms with E-state index >= 15 is 0 Å². The van der Waals surface area contributed by atoms with Crippen molar-refractivity contribution in [2.45, 2.75) is 18.0 Å². The van der Waals surface area contributed by atoms with Crippen molar-refractivity contribution in [2.75, 3.05) is 0 Å². The van der Waals surface area contributed by atoms with Gasteiger partial charge in [0.15, 0.2) is 0 Å². The lowest BCUT2D eigenvalue weighted by Crippen LogP contribution is -2.14. The van der Waals surface area contributed by atoms with Crippen LogP contribution < -0.4 is 10.5 Å². The molecule has 3 N–H and O–H groups in total. The van der Waals surface area contributed by atoms with Gasteiger partial charge in [-0.15, -0.1) is 0 Å². The van der Waals surface area contributed by atoms with Gasteiger partial charge in [0.25, 0.3) is 0 Å². The molecule has 0 aliphatic rings. The number of nitrogens with one attached hydrogen (secondary N) is 1. The largest absolute Gasteiger partial charge is 0.309 e. The van der Waals surface area contributed by atoms with Crippen molar-refractivity contribution in [1.29, 1.82) is 0 Å². The van der Waals surface area contributed by atoms with Crippen LogP contribution in [0.1, 0.15) is 11.1 Å². The van der Waals surface area contributed by atoms with Gasteiger partial charge in [0, 0.05) is 13.1 Å². The molecule has 0 heterocycles. The van der Waals surface area contributed by atoms with Crippen LogP contribution in [0.2, 0.25) is 5.02 Å². The van der Waals surface area contributed by atoms with Gasteiger partial charge in [-0.25, -0.2) is 17.9 Å². The van der Waals surface area contributed by atoms with Crippen LogP contribution in [0.5, 0.6) is 0 Å². The Morgan fingerprint density at radius 2 is 1.62 bits per heavy atom. The highest BCUT2D eigenvalue weighted by Crippen LogP contribution is 2.15. The van der Waals surface area contributed by atoms with Crippen molar-refractivity contribution in [3.05, 3.63) is 64.4 Å². The summed E-state index contributed by atoms with van der Waals surface area (Å²) in [5, 5.41) is 8.25. The van der Waals surface area contributed by atoms with Crippen LogP contribution in [-0.2, 0) is 23.1 Å². The summed E-state index contributed by atoms with van der Waals surface area (Å²) in [4.78, 5) is 0.0750. The minimum Gasteiger partial charge on any atom is -0.309 e. The van der Waals surface area contributed by atoms with E-state index in [1.54, 1.807) is 18.2 Å². The van der Waals surface area contributed by atoms with E-state index in [1.807, 2.05) is 0 Å². The first-order valence-corrected chi connectivity index (χ1v) is 8.05. The second kappa shape index (κ2) is 6.53. The molecule has 21 heavy (non-hydrogen) atoms. The van der Waals surface area contributed by atoms with Gasteiger partial charge in [-0.05, 0) is 35.4 Å². The standard InChI is InChI=1S/C14H14ClFN2O2S/c15-13-6-3-11(7-14(13)16)9-18-8-10-1-4-12(5-2-10)21(17,19)20/h1-7,18H,8-9H2,(H2,17,19,20). The first-order valence-electron chi connectivity index (χ1n) is 6.12. The SMILES string of the molecule is NS(=O)(=O)c1ccc(CNCc2ccc(Cl)c(F)c2)cc1. The minimum atomic E-state index is -3.67. The summed E-state index contributed by atoms with van der Waals surface area (Å²) in [6.07, 6.45) is 0. The van der Waals surface area contributed by atoms with Gasteiger partial charge in [0.2, 0.25) is 10.0 Å². The second-order valence-electron chi connectivity index (χ2n) is 4.54. The summed E-state index contributed by atoms with van der Waals surface area (Å²) in [5.41, 5.74) is 1.68. The van der Waals surface area contributed by atoms with Crippen molar-refractivity contribution < 1.29 is 12.8 Å². The number of hydrogen-bond donors (Lipinski definition) is 2. The Bertz CT molecular complexity index is 733. The Balaban J connectivity index is 1.93. The number of primary sulfonamides is 1. The monoisotopic (exact) mass is 328 g/mol. The van der Waals surface area contributed by atoms with E-state index in [0.717, 1.165) is 11.1 Å². The molecule has 0 aliphatic heterocycles. The Morgan fingerprint density at radius 1 is 1.05 bits per heavy atom. The molecule has 112 valence electrons. The average molecular weight is 329 g/mol. The van der Waals surface area contributed by atoms with Crippen LogP contribution in [0.3, 0.4) is 0 Å². The van der Waals surface area contributed by atoms with E-state index in [9.17, 15) is 12.8 Å². The van der Waals surface area contributed by atoms with Crippen molar-refractivity contribution >= 4 is 21.6 Å². The highest BCUT2D eigenvalue weighted by atomic mass is 35.5. The van der Waals surface area contributed by atoms with Gasteiger partial charge in [-0.2, -0.15) is 0 Å². The molecule has 0 aliphatic carbocycles. The number of nitrogens with two attached hydrogens (primary N) is 1. The first kappa shape index (κ1) is 15.9. The van der Waals surface area contributed by atoms with E-state index in [-0.39, 0.29) is 9.92 Å². The zero-order valence-electron chi connectivity index (χ0n) is 11.0. The molecule has 0 bridgehead atoms. The molecule has 0 saturated carbocycles. The van der Waals surface area contributed by atoms with Crippen molar-refractivity contribution in [1.82, 2.24) is 5.32 Å². The zero-order chi connectivity index (χ0) is 15.5. The maximum Gasteiger partial charge on any atom is 0.238 e. The summed E-state index contributed by atoms with van der Waals surface area (Å²) in [6, 6.07) is 10.9. The fourth-order valence-electron chi connectivity index (χ4n) is 1.80. The molecule has 0 atom stereocenters. The summed E-state index contributed by atoms with van der Waals surface area (Å²) in [5.74, 6) is -0.450. The van der Waals surface area contributed by atoms with Gasteiger partial charge in [-0.1, -0.05) is 29.8 Å². The Kier molecular flexibility index (Phi) is 4.95.